The first-order chi connectivity index (χ1) is 8.74. The number of halogens is 3. The molecule has 106 valence electrons. The molecule has 2 nitrogen and oxygen atoms in total. The third-order valence-corrected chi connectivity index (χ3v) is 3.72. The van der Waals surface area contributed by atoms with E-state index in [0.29, 0.717) is 0 Å². The van der Waals surface area contributed by atoms with Crippen molar-refractivity contribution in [3.05, 3.63) is 47.3 Å². The average molecular weight is 305 g/mol. The van der Waals surface area contributed by atoms with Gasteiger partial charge in [0.05, 0.1) is 5.02 Å². The fourth-order valence-electron chi connectivity index (χ4n) is 2.40. The highest BCUT2D eigenvalue weighted by molar-refractivity contribution is 6.31. The van der Waals surface area contributed by atoms with Crippen molar-refractivity contribution >= 4 is 24.0 Å². The van der Waals surface area contributed by atoms with Crippen molar-refractivity contribution in [1.82, 2.24) is 10.2 Å². The van der Waals surface area contributed by atoms with Crippen LogP contribution in [0.1, 0.15) is 18.0 Å². The number of piperazine rings is 1. The molecule has 0 amide bonds. The zero-order valence-corrected chi connectivity index (χ0v) is 12.3. The monoisotopic (exact) mass is 304 g/mol. The molecule has 1 aromatic rings. The van der Waals surface area contributed by atoms with E-state index in [4.69, 9.17) is 11.6 Å². The SMILES string of the molecule is C=CC[C@@H](c1cccc(F)c1Cl)N1CCNCC1.Cl. The second kappa shape index (κ2) is 7.85. The van der Waals surface area contributed by atoms with Crippen molar-refractivity contribution in [3.8, 4) is 0 Å². The second-order valence-corrected chi connectivity index (χ2v) is 4.85. The number of benzene rings is 1. The molecule has 1 saturated heterocycles. The normalized spacial score (nSPS) is 17.6. The summed E-state index contributed by atoms with van der Waals surface area (Å²) in [5, 5.41) is 3.55. The molecule has 1 fully saturated rings. The molecular formula is C14H19Cl2FN2. The maximum absolute atomic E-state index is 13.6. The van der Waals surface area contributed by atoms with Crippen molar-refractivity contribution in [2.75, 3.05) is 26.2 Å². The third-order valence-electron chi connectivity index (χ3n) is 3.32. The Morgan fingerprint density at radius 1 is 1.42 bits per heavy atom. The summed E-state index contributed by atoms with van der Waals surface area (Å²) in [7, 11) is 0. The zero-order chi connectivity index (χ0) is 13.0. The highest BCUT2D eigenvalue weighted by Gasteiger charge is 2.23. The number of nitrogens with zero attached hydrogens (tertiary/aromatic N) is 1. The van der Waals surface area contributed by atoms with Crippen LogP contribution in [-0.4, -0.2) is 31.1 Å². The summed E-state index contributed by atoms with van der Waals surface area (Å²) < 4.78 is 13.6. The van der Waals surface area contributed by atoms with E-state index in [9.17, 15) is 4.39 Å². The Morgan fingerprint density at radius 3 is 2.74 bits per heavy atom. The predicted octanol–water partition coefficient (Wildman–Crippen LogP) is 3.42. The van der Waals surface area contributed by atoms with Crippen LogP contribution in [0.15, 0.2) is 30.9 Å². The second-order valence-electron chi connectivity index (χ2n) is 4.47. The Labute approximate surface area is 125 Å². The van der Waals surface area contributed by atoms with Crippen LogP contribution < -0.4 is 5.32 Å². The largest absolute Gasteiger partial charge is 0.314 e. The van der Waals surface area contributed by atoms with Gasteiger partial charge in [-0.1, -0.05) is 29.8 Å². The number of hydrogen-bond acceptors (Lipinski definition) is 2. The molecule has 0 radical (unpaired) electrons. The van der Waals surface area contributed by atoms with Gasteiger partial charge in [0.1, 0.15) is 5.82 Å². The number of hydrogen-bond donors (Lipinski definition) is 1. The maximum atomic E-state index is 13.6. The molecule has 0 spiro atoms. The molecule has 1 aliphatic heterocycles. The van der Waals surface area contributed by atoms with Gasteiger partial charge in [0.25, 0.3) is 0 Å². The van der Waals surface area contributed by atoms with E-state index in [1.54, 1.807) is 6.07 Å². The van der Waals surface area contributed by atoms with E-state index >= 15 is 0 Å². The van der Waals surface area contributed by atoms with E-state index in [1.807, 2.05) is 12.1 Å². The molecule has 0 aliphatic carbocycles. The van der Waals surface area contributed by atoms with E-state index < -0.39 is 0 Å². The molecule has 1 atom stereocenters. The van der Waals surface area contributed by atoms with E-state index in [-0.39, 0.29) is 29.3 Å². The smallest absolute Gasteiger partial charge is 0.142 e. The molecule has 1 heterocycles. The fourth-order valence-corrected chi connectivity index (χ4v) is 2.65. The maximum Gasteiger partial charge on any atom is 0.142 e. The average Bonchev–Trinajstić information content (AvgIpc) is 2.41. The highest BCUT2D eigenvalue weighted by atomic mass is 35.5. The molecule has 0 saturated carbocycles. The molecule has 0 aromatic heterocycles. The summed E-state index contributed by atoms with van der Waals surface area (Å²) in [6.07, 6.45) is 2.65. The van der Waals surface area contributed by atoms with Crippen LogP contribution in [0.2, 0.25) is 5.02 Å². The van der Waals surface area contributed by atoms with E-state index in [1.165, 1.54) is 6.07 Å². The van der Waals surface area contributed by atoms with Crippen LogP contribution in [0.4, 0.5) is 4.39 Å². The summed E-state index contributed by atoms with van der Waals surface area (Å²) >= 11 is 6.09. The van der Waals surface area contributed by atoms with Gasteiger partial charge in [0, 0.05) is 32.2 Å². The molecule has 0 unspecified atom stereocenters. The molecule has 5 heteroatoms. The molecule has 2 rings (SSSR count). The van der Waals surface area contributed by atoms with Gasteiger partial charge in [-0.2, -0.15) is 0 Å². The van der Waals surface area contributed by atoms with E-state index in [0.717, 1.165) is 38.2 Å². The summed E-state index contributed by atoms with van der Waals surface area (Å²) in [6.45, 7) is 7.61. The van der Waals surface area contributed by atoms with Gasteiger partial charge in [-0.15, -0.1) is 19.0 Å². The fraction of sp³-hybridized carbons (Fsp3) is 0.429. The van der Waals surface area contributed by atoms with Crippen LogP contribution >= 0.6 is 24.0 Å². The Balaban J connectivity index is 0.00000180. The minimum absolute atomic E-state index is 0. The van der Waals surface area contributed by atoms with Gasteiger partial charge >= 0.3 is 0 Å². The lowest BCUT2D eigenvalue weighted by atomic mass is 10.0. The molecule has 1 aromatic carbocycles. The first-order valence-corrected chi connectivity index (χ1v) is 6.61. The van der Waals surface area contributed by atoms with Crippen molar-refractivity contribution in [2.45, 2.75) is 12.5 Å². The first kappa shape index (κ1) is 16.4. The number of rotatable bonds is 4. The quantitative estimate of drug-likeness (QED) is 0.858. The summed E-state index contributed by atoms with van der Waals surface area (Å²) in [6, 6.07) is 5.14. The molecule has 19 heavy (non-hydrogen) atoms. The Kier molecular flexibility index (Phi) is 6.80. The zero-order valence-electron chi connectivity index (χ0n) is 10.7. The van der Waals surface area contributed by atoms with Crippen LogP contribution in [0, 0.1) is 5.82 Å². The minimum atomic E-state index is -0.349. The molecule has 0 bridgehead atoms. The third kappa shape index (κ3) is 3.93. The van der Waals surface area contributed by atoms with Crippen molar-refractivity contribution < 1.29 is 4.39 Å². The topological polar surface area (TPSA) is 15.3 Å². The summed E-state index contributed by atoms with van der Waals surface area (Å²) in [4.78, 5) is 2.33. The van der Waals surface area contributed by atoms with Crippen molar-refractivity contribution in [2.24, 2.45) is 0 Å². The van der Waals surface area contributed by atoms with Crippen LogP contribution in [0.5, 0.6) is 0 Å². The summed E-state index contributed by atoms with van der Waals surface area (Å²) in [5.41, 5.74) is 0.860. The lowest BCUT2D eigenvalue weighted by Gasteiger charge is -2.35. The van der Waals surface area contributed by atoms with Crippen LogP contribution in [-0.2, 0) is 0 Å². The molecular weight excluding hydrogens is 286 g/mol. The standard InChI is InChI=1S/C14H18ClFN2.ClH/c1-2-4-13(18-9-7-17-8-10-18)11-5-3-6-12(16)14(11)15;/h2-3,5-6,13,17H,1,4,7-10H2;1H/t13-;/m0./s1. The lowest BCUT2D eigenvalue weighted by molar-refractivity contribution is 0.174. The first-order valence-electron chi connectivity index (χ1n) is 6.23. The number of nitrogens with one attached hydrogen (secondary N) is 1. The summed E-state index contributed by atoms with van der Waals surface area (Å²) in [5.74, 6) is -0.349. The lowest BCUT2D eigenvalue weighted by Crippen LogP contribution is -2.45. The Morgan fingerprint density at radius 2 is 2.11 bits per heavy atom. The van der Waals surface area contributed by atoms with Gasteiger partial charge in [-0.05, 0) is 18.1 Å². The van der Waals surface area contributed by atoms with Gasteiger partial charge in [-0.3, -0.25) is 4.90 Å². The van der Waals surface area contributed by atoms with Crippen molar-refractivity contribution in [3.63, 3.8) is 0 Å². The van der Waals surface area contributed by atoms with Crippen LogP contribution in [0.3, 0.4) is 0 Å². The van der Waals surface area contributed by atoms with Crippen molar-refractivity contribution in [1.29, 1.82) is 0 Å². The van der Waals surface area contributed by atoms with E-state index in [2.05, 4.69) is 16.8 Å². The van der Waals surface area contributed by atoms with Gasteiger partial charge in [-0.25, -0.2) is 4.39 Å². The van der Waals surface area contributed by atoms with Crippen LogP contribution in [0.25, 0.3) is 0 Å². The Hall–Kier alpha value is -0.610. The predicted molar refractivity (Wildman–Crippen MR) is 80.7 cm³/mol. The minimum Gasteiger partial charge on any atom is -0.314 e. The highest BCUT2D eigenvalue weighted by Crippen LogP contribution is 2.32. The van der Waals surface area contributed by atoms with Gasteiger partial charge in [0.2, 0.25) is 0 Å². The molecule has 1 aliphatic rings. The Bertz CT molecular complexity index is 420. The van der Waals surface area contributed by atoms with Gasteiger partial charge in [0.15, 0.2) is 0 Å². The van der Waals surface area contributed by atoms with Gasteiger partial charge < -0.3 is 5.32 Å². The molecule has 1 N–H and O–H groups in total.